The van der Waals surface area contributed by atoms with Crippen molar-refractivity contribution in [3.8, 4) is 5.75 Å². The lowest BCUT2D eigenvalue weighted by molar-refractivity contribution is -0.274. The summed E-state index contributed by atoms with van der Waals surface area (Å²) in [5.74, 6) is -0.208. The third kappa shape index (κ3) is 5.47. The molecule has 172 valence electrons. The Labute approximate surface area is 185 Å². The van der Waals surface area contributed by atoms with Gasteiger partial charge in [-0.15, -0.1) is 13.2 Å². The number of hydrogen-bond acceptors (Lipinski definition) is 4. The van der Waals surface area contributed by atoms with Crippen molar-refractivity contribution in [3.05, 3.63) is 53.1 Å². The average molecular weight is 448 g/mol. The minimum absolute atomic E-state index is 0.00760. The van der Waals surface area contributed by atoms with Crippen molar-refractivity contribution < 1.29 is 22.7 Å². The van der Waals surface area contributed by atoms with Gasteiger partial charge in [-0.05, 0) is 73.8 Å². The molecule has 1 aromatic carbocycles. The summed E-state index contributed by atoms with van der Waals surface area (Å²) in [5.41, 5.74) is 8.59. The molecule has 0 bridgehead atoms. The fraction of sp³-hybridized carbons (Fsp3) is 0.458. The van der Waals surface area contributed by atoms with E-state index in [1.54, 1.807) is 19.3 Å². The Morgan fingerprint density at radius 2 is 1.81 bits per heavy atom. The molecule has 32 heavy (non-hydrogen) atoms. The summed E-state index contributed by atoms with van der Waals surface area (Å²) in [6, 6.07) is 3.91. The van der Waals surface area contributed by atoms with Crippen molar-refractivity contribution >= 4 is 17.1 Å². The minimum atomic E-state index is -4.80. The molecule has 1 saturated carbocycles. The van der Waals surface area contributed by atoms with E-state index in [0.29, 0.717) is 28.4 Å². The summed E-state index contributed by atoms with van der Waals surface area (Å²) < 4.78 is 42.0. The first-order chi connectivity index (χ1) is 15.1. The number of carbonyl (C=O) groups excluding carboxylic acids is 1. The summed E-state index contributed by atoms with van der Waals surface area (Å²) in [6.45, 7) is 5.56. The predicted molar refractivity (Wildman–Crippen MR) is 116 cm³/mol. The molecule has 2 aromatic rings. The number of ether oxygens (including phenoxy) is 1. The number of aryl methyl sites for hydroxylation is 2. The molecule has 8 heteroatoms. The SMILES string of the molecule is CCC(C(=C(C(N)=O)c1ccc(OC(F)(F)F)cc1C)c1ncc(C)cn1)C1CCCC1. The van der Waals surface area contributed by atoms with Gasteiger partial charge < -0.3 is 10.5 Å². The number of alkyl halides is 3. The van der Waals surface area contributed by atoms with Crippen LogP contribution in [0.25, 0.3) is 11.1 Å². The zero-order valence-electron chi connectivity index (χ0n) is 18.5. The van der Waals surface area contributed by atoms with Gasteiger partial charge in [-0.25, -0.2) is 9.97 Å². The van der Waals surface area contributed by atoms with E-state index in [4.69, 9.17) is 5.73 Å². The maximum absolute atomic E-state index is 12.8. The van der Waals surface area contributed by atoms with Crippen LogP contribution in [0.2, 0.25) is 0 Å². The van der Waals surface area contributed by atoms with Gasteiger partial charge in [0, 0.05) is 18.0 Å². The number of nitrogens with zero attached hydrogens (tertiary/aromatic N) is 2. The zero-order chi connectivity index (χ0) is 23.5. The molecule has 1 aliphatic rings. The topological polar surface area (TPSA) is 78.1 Å². The first kappa shape index (κ1) is 23.8. The zero-order valence-corrected chi connectivity index (χ0v) is 18.5. The number of nitrogens with two attached hydrogens (primary N) is 1. The second-order valence-electron chi connectivity index (χ2n) is 8.32. The Morgan fingerprint density at radius 3 is 2.31 bits per heavy atom. The lowest BCUT2D eigenvalue weighted by Crippen LogP contribution is -2.22. The van der Waals surface area contributed by atoms with Crippen LogP contribution in [0.4, 0.5) is 13.2 Å². The minimum Gasteiger partial charge on any atom is -0.406 e. The Hall–Kier alpha value is -2.90. The largest absolute Gasteiger partial charge is 0.573 e. The highest BCUT2D eigenvalue weighted by Crippen LogP contribution is 2.43. The second kappa shape index (κ2) is 9.71. The van der Waals surface area contributed by atoms with Crippen molar-refractivity contribution in [1.29, 1.82) is 0 Å². The highest BCUT2D eigenvalue weighted by atomic mass is 19.4. The van der Waals surface area contributed by atoms with Crippen LogP contribution in [0.1, 0.15) is 61.5 Å². The molecule has 0 spiro atoms. The number of aromatic nitrogens is 2. The van der Waals surface area contributed by atoms with Gasteiger partial charge in [0.1, 0.15) is 5.75 Å². The predicted octanol–water partition coefficient (Wildman–Crippen LogP) is 5.60. The monoisotopic (exact) mass is 447 g/mol. The number of hydrogen-bond donors (Lipinski definition) is 1. The molecule has 0 aliphatic heterocycles. The van der Waals surface area contributed by atoms with Gasteiger partial charge in [-0.3, -0.25) is 4.79 Å². The number of amides is 1. The van der Waals surface area contributed by atoms with Crippen LogP contribution < -0.4 is 10.5 Å². The van der Waals surface area contributed by atoms with Gasteiger partial charge in [0.15, 0.2) is 5.82 Å². The standard InChI is InChI=1S/C24H28F3N3O2/c1-4-18(16-7-5-6-8-16)21(23-29-12-14(2)13-30-23)20(22(28)31)19-10-9-17(11-15(19)3)32-24(25,26)27/h9-13,16,18H,4-8H2,1-3H3,(H2,28,31). The maximum atomic E-state index is 12.8. The molecular weight excluding hydrogens is 419 g/mol. The van der Waals surface area contributed by atoms with Crippen LogP contribution in [-0.2, 0) is 4.79 Å². The number of carbonyl (C=O) groups is 1. The molecular formula is C24H28F3N3O2. The molecule has 2 N–H and O–H groups in total. The van der Waals surface area contributed by atoms with Crippen LogP contribution in [-0.4, -0.2) is 22.2 Å². The van der Waals surface area contributed by atoms with Gasteiger partial charge in [-0.1, -0.05) is 25.8 Å². The molecule has 1 fully saturated rings. The molecule has 1 heterocycles. The second-order valence-corrected chi connectivity index (χ2v) is 8.32. The number of primary amides is 1. The summed E-state index contributed by atoms with van der Waals surface area (Å²) in [7, 11) is 0. The highest BCUT2D eigenvalue weighted by Gasteiger charge is 2.34. The molecule has 1 unspecified atom stereocenters. The van der Waals surface area contributed by atoms with E-state index in [1.165, 1.54) is 18.2 Å². The van der Waals surface area contributed by atoms with E-state index in [2.05, 4.69) is 21.6 Å². The lowest BCUT2D eigenvalue weighted by atomic mass is 9.78. The highest BCUT2D eigenvalue weighted by molar-refractivity contribution is 6.26. The van der Waals surface area contributed by atoms with Crippen LogP contribution in [0.5, 0.6) is 5.75 Å². The number of allylic oxidation sites excluding steroid dienone is 1. The number of rotatable bonds is 7. The van der Waals surface area contributed by atoms with Crippen LogP contribution >= 0.6 is 0 Å². The van der Waals surface area contributed by atoms with Crippen LogP contribution in [0.3, 0.4) is 0 Å². The molecule has 3 rings (SSSR count). The van der Waals surface area contributed by atoms with E-state index in [9.17, 15) is 18.0 Å². The molecule has 0 radical (unpaired) electrons. The quantitative estimate of drug-likeness (QED) is 0.560. The molecule has 1 aromatic heterocycles. The Bertz CT molecular complexity index is 995. The third-order valence-electron chi connectivity index (χ3n) is 6.02. The van der Waals surface area contributed by atoms with E-state index < -0.39 is 12.3 Å². The first-order valence-electron chi connectivity index (χ1n) is 10.8. The smallest absolute Gasteiger partial charge is 0.406 e. The van der Waals surface area contributed by atoms with Gasteiger partial charge in [0.2, 0.25) is 5.91 Å². The van der Waals surface area contributed by atoms with Crippen LogP contribution in [0, 0.1) is 25.7 Å². The maximum Gasteiger partial charge on any atom is 0.573 e. The normalized spacial score (nSPS) is 16.6. The lowest BCUT2D eigenvalue weighted by Gasteiger charge is -2.27. The fourth-order valence-corrected chi connectivity index (χ4v) is 4.65. The molecule has 1 amide bonds. The van der Waals surface area contributed by atoms with E-state index in [-0.39, 0.29) is 17.2 Å². The van der Waals surface area contributed by atoms with Crippen molar-refractivity contribution in [1.82, 2.24) is 9.97 Å². The van der Waals surface area contributed by atoms with Gasteiger partial charge in [0.05, 0.1) is 5.57 Å². The molecule has 0 saturated heterocycles. The van der Waals surface area contributed by atoms with Crippen molar-refractivity contribution in [2.45, 2.75) is 59.2 Å². The summed E-state index contributed by atoms with van der Waals surface area (Å²) >= 11 is 0. The van der Waals surface area contributed by atoms with E-state index >= 15 is 0 Å². The van der Waals surface area contributed by atoms with Crippen LogP contribution in [0.15, 0.2) is 30.6 Å². The Morgan fingerprint density at radius 1 is 1.19 bits per heavy atom. The van der Waals surface area contributed by atoms with Gasteiger partial charge in [-0.2, -0.15) is 0 Å². The average Bonchev–Trinajstić information content (AvgIpc) is 3.23. The Balaban J connectivity index is 2.22. The van der Waals surface area contributed by atoms with Crippen molar-refractivity contribution in [2.24, 2.45) is 17.6 Å². The van der Waals surface area contributed by atoms with Gasteiger partial charge in [0.25, 0.3) is 0 Å². The van der Waals surface area contributed by atoms with Gasteiger partial charge >= 0.3 is 6.36 Å². The first-order valence-corrected chi connectivity index (χ1v) is 10.8. The number of benzene rings is 1. The molecule has 1 aliphatic carbocycles. The van der Waals surface area contributed by atoms with E-state index in [1.807, 2.05) is 6.92 Å². The fourth-order valence-electron chi connectivity index (χ4n) is 4.65. The molecule has 5 nitrogen and oxygen atoms in total. The van der Waals surface area contributed by atoms with Crippen molar-refractivity contribution in [2.75, 3.05) is 0 Å². The summed E-state index contributed by atoms with van der Waals surface area (Å²) in [6.07, 6.45) is 3.67. The summed E-state index contributed by atoms with van der Waals surface area (Å²) in [5, 5.41) is 0. The molecule has 1 atom stereocenters. The van der Waals surface area contributed by atoms with E-state index in [0.717, 1.165) is 37.7 Å². The third-order valence-corrected chi connectivity index (χ3v) is 6.02. The Kier molecular flexibility index (Phi) is 7.21. The number of halogens is 3. The summed E-state index contributed by atoms with van der Waals surface area (Å²) in [4.78, 5) is 21.8. The van der Waals surface area contributed by atoms with Crippen molar-refractivity contribution in [3.63, 3.8) is 0 Å².